The molecule has 12 nitrogen and oxygen atoms in total. The van der Waals surface area contributed by atoms with Crippen molar-refractivity contribution in [3.8, 4) is 23.0 Å². The molecular formula is C27H22ClN3O9. The fraction of sp³-hybridized carbons (Fsp3) is 0.148. The number of hydrogen-bond acceptors (Lipinski definition) is 9. The normalized spacial score (nSPS) is 14.2. The smallest absolute Gasteiger partial charge is 0.336 e. The summed E-state index contributed by atoms with van der Waals surface area (Å²) < 4.78 is 21.7. The number of amides is 4. The molecule has 4 rings (SSSR count). The number of methoxy groups -OCH3 is 3. The predicted molar refractivity (Wildman–Crippen MR) is 144 cm³/mol. The molecule has 206 valence electrons. The fourth-order valence-corrected chi connectivity index (χ4v) is 4.06. The maximum Gasteiger partial charge on any atom is 0.336 e. The number of hydrogen-bond donors (Lipinski definition) is 1. The number of anilines is 1. The van der Waals surface area contributed by atoms with Crippen molar-refractivity contribution in [1.29, 1.82) is 0 Å². The Hall–Kier alpha value is -5.10. The van der Waals surface area contributed by atoms with Gasteiger partial charge in [-0.05, 0) is 41.5 Å². The highest BCUT2D eigenvalue weighted by Gasteiger charge is 2.38. The molecule has 3 aromatic carbocycles. The Balaban J connectivity index is 1.61. The van der Waals surface area contributed by atoms with Gasteiger partial charge in [-0.3, -0.25) is 25.0 Å². The first-order valence-electron chi connectivity index (χ1n) is 11.5. The standard InChI is InChI=1S/C27H22ClN3O9/c1-37-22-13-20(23(38-2)12-19(22)28)30-26(33)18(25(32)29-27(30)34)10-16-6-9-21(24(11-16)39-3)40-14-15-4-7-17(8-5-15)31(35)36/h4-13H,14H2,1-3H3,(H,29,32,34)/b18-10+. The van der Waals surface area contributed by atoms with E-state index in [0.29, 0.717) is 22.6 Å². The molecule has 3 aromatic rings. The molecule has 0 aromatic heterocycles. The number of benzene rings is 3. The Labute approximate surface area is 232 Å². The number of imide groups is 2. The second-order valence-electron chi connectivity index (χ2n) is 8.24. The number of ether oxygens (including phenoxy) is 4. The highest BCUT2D eigenvalue weighted by atomic mass is 35.5. The molecule has 4 amide bonds. The third-order valence-corrected chi connectivity index (χ3v) is 6.13. The predicted octanol–water partition coefficient (Wildman–Crippen LogP) is 4.52. The Bertz CT molecular complexity index is 1540. The van der Waals surface area contributed by atoms with Crippen LogP contribution in [0.5, 0.6) is 23.0 Å². The van der Waals surface area contributed by atoms with Crippen molar-refractivity contribution in [1.82, 2.24) is 5.32 Å². The summed E-state index contributed by atoms with van der Waals surface area (Å²) in [6.45, 7) is 0.110. The Morgan fingerprint density at radius 2 is 1.57 bits per heavy atom. The Kier molecular flexibility index (Phi) is 8.20. The van der Waals surface area contributed by atoms with Gasteiger partial charge in [-0.1, -0.05) is 17.7 Å². The molecule has 1 heterocycles. The van der Waals surface area contributed by atoms with Crippen LogP contribution < -0.4 is 29.2 Å². The fourth-order valence-electron chi connectivity index (χ4n) is 3.83. The van der Waals surface area contributed by atoms with Crippen LogP contribution in [0.4, 0.5) is 16.2 Å². The number of rotatable bonds is 9. The van der Waals surface area contributed by atoms with Crippen LogP contribution in [0.3, 0.4) is 0 Å². The summed E-state index contributed by atoms with van der Waals surface area (Å²) in [5.41, 5.74) is 0.777. The van der Waals surface area contributed by atoms with Crippen LogP contribution in [-0.4, -0.2) is 44.1 Å². The van der Waals surface area contributed by atoms with E-state index in [9.17, 15) is 24.5 Å². The highest BCUT2D eigenvalue weighted by Crippen LogP contribution is 2.39. The van der Waals surface area contributed by atoms with Gasteiger partial charge in [-0.25, -0.2) is 9.69 Å². The van der Waals surface area contributed by atoms with E-state index >= 15 is 0 Å². The molecule has 0 aliphatic carbocycles. The molecule has 0 unspecified atom stereocenters. The van der Waals surface area contributed by atoms with E-state index in [1.807, 2.05) is 0 Å². The minimum Gasteiger partial charge on any atom is -0.495 e. The van der Waals surface area contributed by atoms with Crippen LogP contribution in [0.15, 0.2) is 60.2 Å². The molecule has 0 bridgehead atoms. The number of halogens is 1. The van der Waals surface area contributed by atoms with Crippen molar-refractivity contribution in [2.24, 2.45) is 0 Å². The zero-order valence-corrected chi connectivity index (χ0v) is 22.2. The molecule has 0 spiro atoms. The Morgan fingerprint density at radius 1 is 0.900 bits per heavy atom. The van der Waals surface area contributed by atoms with Crippen molar-refractivity contribution >= 4 is 46.9 Å². The number of nitro benzene ring substituents is 1. The first kappa shape index (κ1) is 27.9. The van der Waals surface area contributed by atoms with Crippen molar-refractivity contribution in [2.45, 2.75) is 6.61 Å². The van der Waals surface area contributed by atoms with Crippen LogP contribution in [0.25, 0.3) is 6.08 Å². The number of carbonyl (C=O) groups excluding carboxylic acids is 3. The van der Waals surface area contributed by atoms with Crippen LogP contribution >= 0.6 is 11.6 Å². The summed E-state index contributed by atoms with van der Waals surface area (Å²) in [4.78, 5) is 49.9. The quantitative estimate of drug-likeness (QED) is 0.170. The molecule has 1 aliphatic rings. The van der Waals surface area contributed by atoms with Crippen LogP contribution in [-0.2, 0) is 16.2 Å². The van der Waals surface area contributed by atoms with Gasteiger partial charge in [0, 0.05) is 24.3 Å². The molecular weight excluding hydrogens is 546 g/mol. The van der Waals surface area contributed by atoms with Gasteiger partial charge in [-0.2, -0.15) is 0 Å². The van der Waals surface area contributed by atoms with Crippen molar-refractivity contribution in [3.05, 3.63) is 86.4 Å². The van der Waals surface area contributed by atoms with E-state index in [1.165, 1.54) is 51.7 Å². The number of non-ortho nitro benzene ring substituents is 1. The van der Waals surface area contributed by atoms with Crippen molar-refractivity contribution < 1.29 is 38.3 Å². The summed E-state index contributed by atoms with van der Waals surface area (Å²) >= 11 is 6.15. The summed E-state index contributed by atoms with van der Waals surface area (Å²) in [5, 5.41) is 13.2. The first-order chi connectivity index (χ1) is 19.2. The summed E-state index contributed by atoms with van der Waals surface area (Å²) in [5.74, 6) is -0.819. The van der Waals surface area contributed by atoms with E-state index in [-0.39, 0.29) is 40.1 Å². The van der Waals surface area contributed by atoms with Crippen LogP contribution in [0.1, 0.15) is 11.1 Å². The van der Waals surface area contributed by atoms with Gasteiger partial charge in [0.2, 0.25) is 0 Å². The van der Waals surface area contributed by atoms with Crippen LogP contribution in [0.2, 0.25) is 5.02 Å². The van der Waals surface area contributed by atoms with Gasteiger partial charge in [0.05, 0.1) is 37.0 Å². The van der Waals surface area contributed by atoms with Crippen molar-refractivity contribution in [2.75, 3.05) is 26.2 Å². The van der Waals surface area contributed by atoms with Gasteiger partial charge in [0.1, 0.15) is 23.7 Å². The number of urea groups is 1. The first-order valence-corrected chi connectivity index (χ1v) is 11.9. The molecule has 1 saturated heterocycles. The summed E-state index contributed by atoms with van der Waals surface area (Å²) in [7, 11) is 4.13. The summed E-state index contributed by atoms with van der Waals surface area (Å²) in [6.07, 6.45) is 1.30. The van der Waals surface area contributed by atoms with E-state index < -0.39 is 22.8 Å². The lowest BCUT2D eigenvalue weighted by atomic mass is 10.1. The molecule has 0 radical (unpaired) electrons. The SMILES string of the molecule is COc1cc(N2C(=O)NC(=O)/C(=C\c3ccc(OCc4ccc([N+](=O)[O-])cc4)c(OC)c3)C2=O)c(OC)cc1Cl. The lowest BCUT2D eigenvalue weighted by Gasteiger charge is -2.28. The number of barbiturate groups is 1. The lowest BCUT2D eigenvalue weighted by Crippen LogP contribution is -2.54. The highest BCUT2D eigenvalue weighted by molar-refractivity contribution is 6.39. The zero-order valence-electron chi connectivity index (χ0n) is 21.4. The molecule has 1 aliphatic heterocycles. The van der Waals surface area contributed by atoms with E-state index in [1.54, 1.807) is 30.3 Å². The minimum absolute atomic E-state index is 0.0252. The van der Waals surface area contributed by atoms with Gasteiger partial charge >= 0.3 is 6.03 Å². The largest absolute Gasteiger partial charge is 0.495 e. The van der Waals surface area contributed by atoms with Crippen LogP contribution in [0, 0.1) is 10.1 Å². The average molecular weight is 568 g/mol. The van der Waals surface area contributed by atoms with E-state index in [0.717, 1.165) is 4.90 Å². The van der Waals surface area contributed by atoms with Gasteiger partial charge in [0.25, 0.3) is 17.5 Å². The molecule has 40 heavy (non-hydrogen) atoms. The second-order valence-corrected chi connectivity index (χ2v) is 8.65. The second kappa shape index (κ2) is 11.7. The summed E-state index contributed by atoms with van der Waals surface area (Å²) in [6, 6.07) is 12.4. The minimum atomic E-state index is -0.970. The third kappa shape index (κ3) is 5.66. The maximum absolute atomic E-state index is 13.4. The topological polar surface area (TPSA) is 147 Å². The molecule has 0 saturated carbocycles. The molecule has 1 N–H and O–H groups in total. The molecule has 0 atom stereocenters. The van der Waals surface area contributed by atoms with Gasteiger partial charge < -0.3 is 18.9 Å². The number of nitrogens with zero attached hydrogens (tertiary/aromatic N) is 2. The molecule has 1 fully saturated rings. The van der Waals surface area contributed by atoms with Gasteiger partial charge in [-0.15, -0.1) is 0 Å². The maximum atomic E-state index is 13.4. The number of nitro groups is 1. The monoisotopic (exact) mass is 567 g/mol. The van der Waals surface area contributed by atoms with Gasteiger partial charge in [0.15, 0.2) is 11.5 Å². The Morgan fingerprint density at radius 3 is 2.20 bits per heavy atom. The van der Waals surface area contributed by atoms with E-state index in [4.69, 9.17) is 30.5 Å². The molecule has 13 heteroatoms. The zero-order chi connectivity index (χ0) is 29.0. The third-order valence-electron chi connectivity index (χ3n) is 5.84. The number of nitrogens with one attached hydrogen (secondary N) is 1. The lowest BCUT2D eigenvalue weighted by molar-refractivity contribution is -0.384. The van der Waals surface area contributed by atoms with E-state index in [2.05, 4.69) is 5.32 Å². The number of carbonyl (C=O) groups is 3. The average Bonchev–Trinajstić information content (AvgIpc) is 2.94. The van der Waals surface area contributed by atoms with Crippen molar-refractivity contribution in [3.63, 3.8) is 0 Å².